The zero-order chi connectivity index (χ0) is 14.4. The van der Waals surface area contributed by atoms with E-state index in [-0.39, 0.29) is 40.9 Å². The summed E-state index contributed by atoms with van der Waals surface area (Å²) in [5.41, 5.74) is -0.220. The van der Waals surface area contributed by atoms with Crippen molar-refractivity contribution in [2.75, 3.05) is 0 Å². The Morgan fingerprint density at radius 1 is 1.40 bits per heavy atom. The van der Waals surface area contributed by atoms with Crippen molar-refractivity contribution in [3.8, 4) is 5.75 Å². The Kier molecular flexibility index (Phi) is 5.18. The summed E-state index contributed by atoms with van der Waals surface area (Å²) in [6.45, 7) is 1.54. The standard InChI is InChI=1S/C12H8ClF3O3.Na.H/c1-5-2-7(13)3-6-4-8(11(17)18)10(12(14,15)16)19-9(5)6;;/h2-4,10H,1H3,(H,17,18);;/t10-;;/m0../s1. The van der Waals surface area contributed by atoms with Gasteiger partial charge in [-0.25, -0.2) is 4.79 Å². The van der Waals surface area contributed by atoms with E-state index in [0.29, 0.717) is 10.6 Å². The third-order valence-electron chi connectivity index (χ3n) is 2.64. The summed E-state index contributed by atoms with van der Waals surface area (Å²) in [7, 11) is 0. The monoisotopic (exact) mass is 316 g/mol. The predicted molar refractivity (Wildman–Crippen MR) is 69.4 cm³/mol. The van der Waals surface area contributed by atoms with Crippen molar-refractivity contribution in [2.24, 2.45) is 0 Å². The molecule has 1 aromatic carbocycles. The maximum absolute atomic E-state index is 12.8. The second-order valence-corrected chi connectivity index (χ2v) is 4.52. The van der Waals surface area contributed by atoms with Gasteiger partial charge in [-0.15, -0.1) is 0 Å². The van der Waals surface area contributed by atoms with E-state index in [4.69, 9.17) is 21.4 Å². The molecule has 20 heavy (non-hydrogen) atoms. The van der Waals surface area contributed by atoms with Crippen LogP contribution in [0, 0.1) is 6.92 Å². The van der Waals surface area contributed by atoms with Gasteiger partial charge in [0, 0.05) is 10.6 Å². The molecule has 0 saturated carbocycles. The summed E-state index contributed by atoms with van der Waals surface area (Å²) >= 11 is 5.78. The van der Waals surface area contributed by atoms with Gasteiger partial charge in [0.05, 0.1) is 5.57 Å². The van der Waals surface area contributed by atoms with E-state index in [1.165, 1.54) is 19.1 Å². The quantitative estimate of drug-likeness (QED) is 0.810. The van der Waals surface area contributed by atoms with E-state index < -0.39 is 23.8 Å². The normalized spacial score (nSPS) is 17.4. The van der Waals surface area contributed by atoms with Crippen LogP contribution < -0.4 is 4.74 Å². The van der Waals surface area contributed by atoms with Crippen molar-refractivity contribution in [2.45, 2.75) is 19.2 Å². The Hall–Kier alpha value is -0.690. The van der Waals surface area contributed by atoms with Gasteiger partial charge >= 0.3 is 41.7 Å². The van der Waals surface area contributed by atoms with Gasteiger partial charge < -0.3 is 9.84 Å². The molecule has 0 spiro atoms. The SMILES string of the molecule is Cc1cc(Cl)cc2c1O[C@H](C(F)(F)F)C(C(=O)O)=C2.[NaH]. The van der Waals surface area contributed by atoms with E-state index in [0.717, 1.165) is 6.08 Å². The molecule has 1 aliphatic heterocycles. The number of carboxylic acid groups (broad SMARTS) is 1. The second kappa shape index (κ2) is 5.97. The van der Waals surface area contributed by atoms with Gasteiger partial charge in [-0.1, -0.05) is 11.6 Å². The van der Waals surface area contributed by atoms with E-state index in [9.17, 15) is 18.0 Å². The Bertz CT molecular complexity index is 584. The molecule has 0 unspecified atom stereocenters. The number of ether oxygens (including phenoxy) is 1. The Morgan fingerprint density at radius 2 is 2.00 bits per heavy atom. The third kappa shape index (κ3) is 3.31. The fourth-order valence-electron chi connectivity index (χ4n) is 1.87. The summed E-state index contributed by atoms with van der Waals surface area (Å²) in [6.07, 6.45) is -6.33. The van der Waals surface area contributed by atoms with Gasteiger partial charge in [0.25, 0.3) is 0 Å². The Morgan fingerprint density at radius 3 is 2.50 bits per heavy atom. The molecule has 2 rings (SSSR count). The van der Waals surface area contributed by atoms with Crippen LogP contribution in [0.2, 0.25) is 5.02 Å². The molecule has 1 atom stereocenters. The van der Waals surface area contributed by atoms with Crippen LogP contribution >= 0.6 is 11.6 Å². The summed E-state index contributed by atoms with van der Waals surface area (Å²) in [5.74, 6) is -1.68. The van der Waals surface area contributed by atoms with Gasteiger partial charge in [-0.3, -0.25) is 0 Å². The summed E-state index contributed by atoms with van der Waals surface area (Å²) in [4.78, 5) is 10.9. The van der Waals surface area contributed by atoms with Crippen LogP contribution in [0.1, 0.15) is 11.1 Å². The zero-order valence-electron chi connectivity index (χ0n) is 9.58. The molecule has 1 N–H and O–H groups in total. The van der Waals surface area contributed by atoms with Crippen LogP contribution in [-0.4, -0.2) is 52.9 Å². The number of carboxylic acids is 1. The van der Waals surface area contributed by atoms with E-state index in [1.54, 1.807) is 0 Å². The summed E-state index contributed by atoms with van der Waals surface area (Å²) in [6, 6.07) is 2.81. The van der Waals surface area contributed by atoms with Gasteiger partial charge in [0.2, 0.25) is 6.10 Å². The average Bonchev–Trinajstić information content (AvgIpc) is 2.25. The van der Waals surface area contributed by atoms with E-state index in [1.807, 2.05) is 0 Å². The summed E-state index contributed by atoms with van der Waals surface area (Å²) < 4.78 is 43.2. The van der Waals surface area contributed by atoms with Gasteiger partial charge in [-0.2, -0.15) is 13.2 Å². The predicted octanol–water partition coefficient (Wildman–Crippen LogP) is 2.79. The molecule has 1 heterocycles. The number of aryl methyl sites for hydroxylation is 1. The van der Waals surface area contributed by atoms with Crippen LogP contribution in [0.25, 0.3) is 6.08 Å². The Labute approximate surface area is 139 Å². The maximum atomic E-state index is 12.8. The van der Waals surface area contributed by atoms with Crippen LogP contribution in [0.4, 0.5) is 13.2 Å². The third-order valence-corrected chi connectivity index (χ3v) is 2.86. The number of benzene rings is 1. The second-order valence-electron chi connectivity index (χ2n) is 4.09. The van der Waals surface area contributed by atoms with Crippen molar-refractivity contribution in [1.29, 1.82) is 0 Å². The molecule has 0 saturated heterocycles. The van der Waals surface area contributed by atoms with Crippen molar-refractivity contribution in [1.82, 2.24) is 0 Å². The van der Waals surface area contributed by atoms with Crippen molar-refractivity contribution in [3.05, 3.63) is 33.9 Å². The first kappa shape index (κ1) is 17.4. The van der Waals surface area contributed by atoms with Crippen molar-refractivity contribution >= 4 is 53.2 Å². The van der Waals surface area contributed by atoms with Crippen LogP contribution in [0.15, 0.2) is 17.7 Å². The van der Waals surface area contributed by atoms with Gasteiger partial charge in [-0.05, 0) is 30.7 Å². The molecule has 0 aromatic heterocycles. The number of carbonyl (C=O) groups is 1. The number of fused-ring (bicyclic) bond motifs is 1. The molecule has 8 heteroatoms. The minimum atomic E-state index is -4.80. The average molecular weight is 317 g/mol. The number of hydrogen-bond donors (Lipinski definition) is 1. The Balaban J connectivity index is 0.00000200. The number of rotatable bonds is 1. The van der Waals surface area contributed by atoms with E-state index in [2.05, 4.69) is 0 Å². The first-order chi connectivity index (χ1) is 8.70. The van der Waals surface area contributed by atoms with Crippen molar-refractivity contribution < 1.29 is 27.8 Å². The number of alkyl halides is 3. The van der Waals surface area contributed by atoms with Crippen LogP contribution in [0.3, 0.4) is 0 Å². The molecule has 0 fully saturated rings. The molecular formula is C12H9ClF3NaO3. The first-order valence-corrected chi connectivity index (χ1v) is 5.56. The van der Waals surface area contributed by atoms with Crippen molar-refractivity contribution in [3.63, 3.8) is 0 Å². The molecule has 0 amide bonds. The molecule has 104 valence electrons. The van der Waals surface area contributed by atoms with E-state index >= 15 is 0 Å². The molecule has 1 aliphatic rings. The fraction of sp³-hybridized carbons (Fsp3) is 0.250. The number of halogens is 4. The topological polar surface area (TPSA) is 46.5 Å². The number of hydrogen-bond acceptors (Lipinski definition) is 2. The van der Waals surface area contributed by atoms with Gasteiger partial charge in [0.15, 0.2) is 0 Å². The first-order valence-electron chi connectivity index (χ1n) is 5.18. The molecule has 1 aromatic rings. The fourth-order valence-corrected chi connectivity index (χ4v) is 2.15. The number of aliphatic carboxylic acids is 1. The molecule has 3 nitrogen and oxygen atoms in total. The van der Waals surface area contributed by atoms with Crippen LogP contribution in [-0.2, 0) is 4.79 Å². The molecule has 0 radical (unpaired) electrons. The summed E-state index contributed by atoms with van der Waals surface area (Å²) in [5, 5.41) is 9.15. The minimum absolute atomic E-state index is 0. The zero-order valence-corrected chi connectivity index (χ0v) is 10.3. The molecule has 0 bridgehead atoms. The van der Waals surface area contributed by atoms with Crippen LogP contribution in [0.5, 0.6) is 5.75 Å². The molecular weight excluding hydrogens is 308 g/mol. The molecule has 0 aliphatic carbocycles. The van der Waals surface area contributed by atoms with Gasteiger partial charge in [0.1, 0.15) is 5.75 Å².